The Balaban J connectivity index is 2.59. The Labute approximate surface area is 107 Å². The second kappa shape index (κ2) is 6.48. The van der Waals surface area contributed by atoms with Gasteiger partial charge in [-0.3, -0.25) is 4.68 Å². The maximum Gasteiger partial charge on any atom is 0.257 e. The van der Waals surface area contributed by atoms with Crippen molar-refractivity contribution in [1.29, 1.82) is 0 Å². The molecule has 0 fully saturated rings. The summed E-state index contributed by atoms with van der Waals surface area (Å²) in [7, 11) is 0. The predicted octanol–water partition coefficient (Wildman–Crippen LogP) is 2.93. The summed E-state index contributed by atoms with van der Waals surface area (Å²) in [5, 5.41) is 3.90. The quantitative estimate of drug-likeness (QED) is 0.742. The fourth-order valence-electron chi connectivity index (χ4n) is 1.21. The third-order valence-electron chi connectivity index (χ3n) is 1.90. The van der Waals surface area contributed by atoms with E-state index in [2.05, 4.69) is 27.7 Å². The van der Waals surface area contributed by atoms with Crippen LogP contribution in [0.2, 0.25) is 0 Å². The molecule has 0 unspecified atom stereocenters. The highest BCUT2D eigenvalue weighted by Crippen LogP contribution is 2.14. The van der Waals surface area contributed by atoms with Crippen molar-refractivity contribution >= 4 is 22.6 Å². The van der Waals surface area contributed by atoms with Crippen LogP contribution in [0.15, 0.2) is 6.20 Å². The number of alkyl halides is 2. The van der Waals surface area contributed by atoms with E-state index < -0.39 is 6.43 Å². The summed E-state index contributed by atoms with van der Waals surface area (Å²) in [6.07, 6.45) is -0.809. The Kier molecular flexibility index (Phi) is 5.60. The van der Waals surface area contributed by atoms with Gasteiger partial charge in [-0.2, -0.15) is 5.10 Å². The van der Waals surface area contributed by atoms with Crippen LogP contribution in [0.5, 0.6) is 0 Å². The average Bonchev–Trinajstić information content (AvgIpc) is 2.48. The zero-order valence-corrected chi connectivity index (χ0v) is 11.4. The minimum atomic E-state index is -2.39. The van der Waals surface area contributed by atoms with Gasteiger partial charge in [0, 0.05) is 6.61 Å². The van der Waals surface area contributed by atoms with Crippen LogP contribution < -0.4 is 0 Å². The fourth-order valence-corrected chi connectivity index (χ4v) is 1.77. The summed E-state index contributed by atoms with van der Waals surface area (Å²) in [6, 6.07) is 0. The van der Waals surface area contributed by atoms with Crippen LogP contribution >= 0.6 is 22.6 Å². The second-order valence-electron chi connectivity index (χ2n) is 3.92. The Morgan fingerprint density at radius 1 is 1.50 bits per heavy atom. The highest BCUT2D eigenvalue weighted by molar-refractivity contribution is 14.1. The number of hydrogen-bond acceptors (Lipinski definition) is 2. The normalized spacial score (nSPS) is 11.7. The molecule has 0 N–H and O–H groups in total. The lowest BCUT2D eigenvalue weighted by Gasteiger charge is -2.09. The van der Waals surface area contributed by atoms with Gasteiger partial charge in [-0.1, -0.05) is 13.8 Å². The molecule has 0 atom stereocenters. The Hall–Kier alpha value is -0.240. The molecule has 92 valence electrons. The van der Waals surface area contributed by atoms with Crippen molar-refractivity contribution in [2.24, 2.45) is 5.92 Å². The zero-order chi connectivity index (χ0) is 12.1. The predicted molar refractivity (Wildman–Crippen MR) is 65.4 cm³/mol. The van der Waals surface area contributed by atoms with E-state index in [1.807, 2.05) is 13.8 Å². The van der Waals surface area contributed by atoms with Crippen molar-refractivity contribution in [3.8, 4) is 0 Å². The molecule has 0 amide bonds. The van der Waals surface area contributed by atoms with E-state index in [0.717, 1.165) is 9.26 Å². The van der Waals surface area contributed by atoms with Crippen molar-refractivity contribution < 1.29 is 13.5 Å². The fraction of sp³-hybridized carbons (Fsp3) is 0.700. The standard InChI is InChI=1S/C10H15F2IN2O/c1-7(2)5-16-6-9-8(13)3-14-15(9)4-10(11)12/h3,7,10H,4-6H2,1-2H3. The molecule has 16 heavy (non-hydrogen) atoms. The summed E-state index contributed by atoms with van der Waals surface area (Å²) in [5.74, 6) is 0.434. The van der Waals surface area contributed by atoms with Gasteiger partial charge in [0.1, 0.15) is 6.54 Å². The highest BCUT2D eigenvalue weighted by Gasteiger charge is 2.13. The summed E-state index contributed by atoms with van der Waals surface area (Å²) in [5.41, 5.74) is 0.724. The molecule has 1 heterocycles. The number of aromatic nitrogens is 2. The van der Waals surface area contributed by atoms with Gasteiger partial charge in [-0.25, -0.2) is 8.78 Å². The number of halogens is 3. The lowest BCUT2D eigenvalue weighted by Crippen LogP contribution is -2.13. The molecule has 1 aromatic rings. The largest absolute Gasteiger partial charge is 0.375 e. The average molecular weight is 344 g/mol. The van der Waals surface area contributed by atoms with Crippen molar-refractivity contribution in [2.75, 3.05) is 6.61 Å². The molecule has 6 heteroatoms. The molecular weight excluding hydrogens is 329 g/mol. The molecule has 1 rings (SSSR count). The van der Waals surface area contributed by atoms with E-state index in [1.54, 1.807) is 6.20 Å². The zero-order valence-electron chi connectivity index (χ0n) is 9.29. The second-order valence-corrected chi connectivity index (χ2v) is 5.08. The topological polar surface area (TPSA) is 27.1 Å². The SMILES string of the molecule is CC(C)COCc1c(I)cnn1CC(F)F. The van der Waals surface area contributed by atoms with E-state index in [1.165, 1.54) is 4.68 Å². The minimum Gasteiger partial charge on any atom is -0.375 e. The third kappa shape index (κ3) is 4.32. The van der Waals surface area contributed by atoms with Crippen LogP contribution in [0.25, 0.3) is 0 Å². The lowest BCUT2D eigenvalue weighted by atomic mass is 10.2. The summed E-state index contributed by atoms with van der Waals surface area (Å²) >= 11 is 2.08. The summed E-state index contributed by atoms with van der Waals surface area (Å²) < 4.78 is 32.1. The first kappa shape index (κ1) is 13.8. The molecule has 0 aliphatic heterocycles. The van der Waals surface area contributed by atoms with Crippen LogP contribution in [0.3, 0.4) is 0 Å². The van der Waals surface area contributed by atoms with Crippen molar-refractivity contribution in [2.45, 2.75) is 33.4 Å². The van der Waals surface area contributed by atoms with Crippen LogP contribution in [0, 0.1) is 9.49 Å². The maximum absolute atomic E-state index is 12.3. The van der Waals surface area contributed by atoms with Crippen molar-refractivity contribution in [1.82, 2.24) is 9.78 Å². The minimum absolute atomic E-state index is 0.336. The van der Waals surface area contributed by atoms with Gasteiger partial charge >= 0.3 is 0 Å². The maximum atomic E-state index is 12.3. The van der Waals surface area contributed by atoms with Crippen LogP contribution in [0.4, 0.5) is 8.78 Å². The Morgan fingerprint density at radius 2 is 2.19 bits per heavy atom. The van der Waals surface area contributed by atoms with E-state index >= 15 is 0 Å². The van der Waals surface area contributed by atoms with Gasteiger partial charge in [-0.15, -0.1) is 0 Å². The molecule has 0 saturated heterocycles. The van der Waals surface area contributed by atoms with Gasteiger partial charge in [0.25, 0.3) is 6.43 Å². The lowest BCUT2D eigenvalue weighted by molar-refractivity contribution is 0.0836. The van der Waals surface area contributed by atoms with Crippen molar-refractivity contribution in [3.05, 3.63) is 15.5 Å². The molecule has 0 aromatic carbocycles. The van der Waals surface area contributed by atoms with Gasteiger partial charge in [0.05, 0.1) is 22.1 Å². The van der Waals surface area contributed by atoms with E-state index in [0.29, 0.717) is 19.1 Å². The molecule has 0 aliphatic carbocycles. The number of hydrogen-bond donors (Lipinski definition) is 0. The van der Waals surface area contributed by atoms with Gasteiger partial charge in [0.15, 0.2) is 0 Å². The number of ether oxygens (including phenoxy) is 1. The molecule has 3 nitrogen and oxygen atoms in total. The van der Waals surface area contributed by atoms with Crippen LogP contribution in [-0.4, -0.2) is 22.8 Å². The molecule has 0 spiro atoms. The summed E-state index contributed by atoms with van der Waals surface area (Å²) in [4.78, 5) is 0. The molecule has 0 aliphatic rings. The molecule has 0 saturated carbocycles. The van der Waals surface area contributed by atoms with E-state index in [9.17, 15) is 8.78 Å². The monoisotopic (exact) mass is 344 g/mol. The van der Waals surface area contributed by atoms with Gasteiger partial charge in [0.2, 0.25) is 0 Å². The first-order chi connectivity index (χ1) is 7.50. The first-order valence-corrected chi connectivity index (χ1v) is 6.14. The number of nitrogens with zero attached hydrogens (tertiary/aromatic N) is 2. The first-order valence-electron chi connectivity index (χ1n) is 5.06. The Morgan fingerprint density at radius 3 is 2.75 bits per heavy atom. The van der Waals surface area contributed by atoms with Crippen LogP contribution in [-0.2, 0) is 17.9 Å². The molecule has 0 bridgehead atoms. The molecule has 0 radical (unpaired) electrons. The van der Waals surface area contributed by atoms with Crippen molar-refractivity contribution in [3.63, 3.8) is 0 Å². The molecular formula is C10H15F2IN2O. The third-order valence-corrected chi connectivity index (χ3v) is 2.80. The Bertz CT molecular complexity index is 329. The smallest absolute Gasteiger partial charge is 0.257 e. The van der Waals surface area contributed by atoms with Gasteiger partial charge in [-0.05, 0) is 28.5 Å². The van der Waals surface area contributed by atoms with Crippen LogP contribution in [0.1, 0.15) is 19.5 Å². The van der Waals surface area contributed by atoms with E-state index in [4.69, 9.17) is 4.74 Å². The summed E-state index contributed by atoms with van der Waals surface area (Å²) in [6.45, 7) is 4.67. The number of rotatable bonds is 6. The van der Waals surface area contributed by atoms with E-state index in [-0.39, 0.29) is 6.54 Å². The van der Waals surface area contributed by atoms with Gasteiger partial charge < -0.3 is 4.74 Å². The highest BCUT2D eigenvalue weighted by atomic mass is 127. The molecule has 1 aromatic heterocycles.